The van der Waals surface area contributed by atoms with Gasteiger partial charge in [-0.05, 0) is 58.8 Å². The largest absolute Gasteiger partial charge is 0.493 e. The molecular formula is C23H20BrCl2NO5S2. The van der Waals surface area contributed by atoms with E-state index in [0.29, 0.717) is 47.4 Å². The molecule has 2 aromatic carbocycles. The van der Waals surface area contributed by atoms with Crippen LogP contribution < -0.4 is 9.47 Å². The Labute approximate surface area is 225 Å². The molecule has 0 radical (unpaired) electrons. The number of carbonyl (C=O) groups excluding carboxylic acids is 2. The molecule has 1 heterocycles. The van der Waals surface area contributed by atoms with Gasteiger partial charge in [-0.2, -0.15) is 0 Å². The molecule has 0 bridgehead atoms. The van der Waals surface area contributed by atoms with Gasteiger partial charge in [-0.15, -0.1) is 0 Å². The molecule has 34 heavy (non-hydrogen) atoms. The number of rotatable bonds is 9. The van der Waals surface area contributed by atoms with Gasteiger partial charge in [0.1, 0.15) is 10.9 Å². The van der Waals surface area contributed by atoms with Crippen molar-refractivity contribution in [2.24, 2.45) is 0 Å². The van der Waals surface area contributed by atoms with Crippen LogP contribution in [0, 0.1) is 0 Å². The Morgan fingerprint density at radius 1 is 1.26 bits per heavy atom. The summed E-state index contributed by atoms with van der Waals surface area (Å²) in [5, 5.41) is 1.05. The van der Waals surface area contributed by atoms with Crippen molar-refractivity contribution in [3.05, 3.63) is 60.9 Å². The van der Waals surface area contributed by atoms with Crippen molar-refractivity contribution in [1.82, 2.24) is 4.90 Å². The highest BCUT2D eigenvalue weighted by atomic mass is 79.9. The molecule has 1 saturated heterocycles. The van der Waals surface area contributed by atoms with Gasteiger partial charge >= 0.3 is 5.97 Å². The molecule has 0 aliphatic carbocycles. The zero-order valence-corrected chi connectivity index (χ0v) is 23.0. The molecule has 0 unspecified atom stereocenters. The Hall–Kier alpha value is -1.78. The SMILES string of the molecule is CCOC(=O)CCN1C(=O)/C(=C/c2cc(Br)c(OCc3ccc(Cl)cc3Cl)c(OC)c2)SC1=S. The summed E-state index contributed by atoms with van der Waals surface area (Å²) in [4.78, 5) is 26.3. The third-order valence-corrected chi connectivity index (χ3v) is 7.21. The van der Waals surface area contributed by atoms with Gasteiger partial charge in [-0.25, -0.2) is 0 Å². The molecule has 0 N–H and O–H groups in total. The maximum atomic E-state index is 12.8. The van der Waals surface area contributed by atoms with E-state index in [1.165, 1.54) is 23.8 Å². The predicted molar refractivity (Wildman–Crippen MR) is 143 cm³/mol. The van der Waals surface area contributed by atoms with Crippen LogP contribution in [-0.2, 0) is 20.9 Å². The standard InChI is InChI=1S/C23H20BrCl2NO5S2/c1-3-31-20(28)6-7-27-22(29)19(34-23(27)33)10-13-8-16(24)21(18(9-13)30-2)32-12-14-4-5-15(25)11-17(14)26/h4-5,8-11H,3,6-7,12H2,1-2H3/b19-10-. The van der Waals surface area contributed by atoms with Gasteiger partial charge in [0, 0.05) is 22.2 Å². The van der Waals surface area contributed by atoms with Crippen molar-refractivity contribution in [3.63, 3.8) is 0 Å². The third kappa shape index (κ3) is 6.66. The number of halogens is 3. The number of amides is 1. The van der Waals surface area contributed by atoms with Gasteiger partial charge in [-0.3, -0.25) is 14.5 Å². The second kappa shape index (κ2) is 12.3. The molecule has 1 amide bonds. The van der Waals surface area contributed by atoms with Crippen LogP contribution in [0.25, 0.3) is 6.08 Å². The van der Waals surface area contributed by atoms with Gasteiger partial charge < -0.3 is 14.2 Å². The zero-order valence-electron chi connectivity index (χ0n) is 18.2. The number of hydrogen-bond donors (Lipinski definition) is 0. The number of carbonyl (C=O) groups is 2. The van der Waals surface area contributed by atoms with E-state index in [-0.39, 0.29) is 31.4 Å². The Morgan fingerprint density at radius 3 is 2.71 bits per heavy atom. The lowest BCUT2D eigenvalue weighted by Gasteiger charge is -2.15. The fraction of sp³-hybridized carbons (Fsp3) is 0.261. The summed E-state index contributed by atoms with van der Waals surface area (Å²) in [5.74, 6) is 0.341. The summed E-state index contributed by atoms with van der Waals surface area (Å²) < 4.78 is 17.4. The Morgan fingerprint density at radius 2 is 2.03 bits per heavy atom. The van der Waals surface area contributed by atoms with Gasteiger partial charge in [0.2, 0.25) is 0 Å². The van der Waals surface area contributed by atoms with Crippen LogP contribution in [0.4, 0.5) is 0 Å². The average Bonchev–Trinajstić information content (AvgIpc) is 3.04. The second-order valence-electron chi connectivity index (χ2n) is 6.95. The first kappa shape index (κ1) is 26.8. The summed E-state index contributed by atoms with van der Waals surface area (Å²) >= 11 is 22.2. The first-order valence-electron chi connectivity index (χ1n) is 10.1. The van der Waals surface area contributed by atoms with Crippen LogP contribution in [0.15, 0.2) is 39.7 Å². The minimum Gasteiger partial charge on any atom is -0.493 e. The molecule has 0 saturated carbocycles. The summed E-state index contributed by atoms with van der Waals surface area (Å²) in [7, 11) is 1.53. The lowest BCUT2D eigenvalue weighted by atomic mass is 10.1. The van der Waals surface area contributed by atoms with Crippen LogP contribution in [0.5, 0.6) is 11.5 Å². The first-order valence-corrected chi connectivity index (χ1v) is 12.9. The monoisotopic (exact) mass is 603 g/mol. The van der Waals surface area contributed by atoms with Crippen LogP contribution in [-0.4, -0.2) is 41.4 Å². The molecule has 1 aliphatic rings. The number of hydrogen-bond acceptors (Lipinski definition) is 7. The quantitative estimate of drug-likeness (QED) is 0.184. The van der Waals surface area contributed by atoms with Crippen molar-refractivity contribution in [2.75, 3.05) is 20.3 Å². The van der Waals surface area contributed by atoms with E-state index >= 15 is 0 Å². The molecule has 0 spiro atoms. The topological polar surface area (TPSA) is 65.1 Å². The predicted octanol–water partition coefficient (Wildman–Crippen LogP) is 6.50. The number of ether oxygens (including phenoxy) is 3. The number of thiocarbonyl (C=S) groups is 1. The van der Waals surface area contributed by atoms with E-state index in [9.17, 15) is 9.59 Å². The van der Waals surface area contributed by atoms with Crippen molar-refractivity contribution in [2.45, 2.75) is 20.0 Å². The van der Waals surface area contributed by atoms with Gasteiger partial charge in [0.05, 0.1) is 29.5 Å². The third-order valence-electron chi connectivity index (χ3n) is 4.66. The summed E-state index contributed by atoms with van der Waals surface area (Å²) in [6.45, 7) is 2.41. The Bertz CT molecular complexity index is 1160. The molecule has 6 nitrogen and oxygen atoms in total. The molecule has 2 aromatic rings. The van der Waals surface area contributed by atoms with Crippen molar-refractivity contribution >= 4 is 85.4 Å². The minimum absolute atomic E-state index is 0.0800. The highest BCUT2D eigenvalue weighted by molar-refractivity contribution is 9.10. The summed E-state index contributed by atoms with van der Waals surface area (Å²) in [6.07, 6.45) is 1.80. The van der Waals surface area contributed by atoms with Crippen LogP contribution in [0.1, 0.15) is 24.5 Å². The molecule has 11 heteroatoms. The maximum absolute atomic E-state index is 12.8. The van der Waals surface area contributed by atoms with E-state index in [1.807, 2.05) is 6.07 Å². The van der Waals surface area contributed by atoms with E-state index in [4.69, 9.17) is 49.6 Å². The van der Waals surface area contributed by atoms with Gasteiger partial charge in [-0.1, -0.05) is 53.2 Å². The van der Waals surface area contributed by atoms with Crippen LogP contribution in [0.3, 0.4) is 0 Å². The highest BCUT2D eigenvalue weighted by Crippen LogP contribution is 2.40. The van der Waals surface area contributed by atoms with Crippen molar-refractivity contribution in [1.29, 1.82) is 0 Å². The summed E-state index contributed by atoms with van der Waals surface area (Å²) in [5.41, 5.74) is 1.49. The zero-order chi connectivity index (χ0) is 24.8. The van der Waals surface area contributed by atoms with Crippen LogP contribution in [0.2, 0.25) is 10.0 Å². The smallest absolute Gasteiger partial charge is 0.307 e. The van der Waals surface area contributed by atoms with E-state index in [1.54, 1.807) is 37.3 Å². The molecule has 180 valence electrons. The normalized spacial score (nSPS) is 14.6. The van der Waals surface area contributed by atoms with Crippen LogP contribution >= 0.6 is 63.1 Å². The van der Waals surface area contributed by atoms with Gasteiger partial charge in [0.15, 0.2) is 11.5 Å². The average molecular weight is 605 g/mol. The number of nitrogens with zero attached hydrogens (tertiary/aromatic N) is 1. The van der Waals surface area contributed by atoms with Crippen molar-refractivity contribution in [3.8, 4) is 11.5 Å². The Kier molecular flexibility index (Phi) is 9.67. The number of methoxy groups -OCH3 is 1. The van der Waals surface area contributed by atoms with Crippen molar-refractivity contribution < 1.29 is 23.8 Å². The highest BCUT2D eigenvalue weighted by Gasteiger charge is 2.32. The molecule has 0 atom stereocenters. The van der Waals surface area contributed by atoms with E-state index in [2.05, 4.69) is 15.9 Å². The lowest BCUT2D eigenvalue weighted by Crippen LogP contribution is -2.30. The maximum Gasteiger partial charge on any atom is 0.307 e. The number of esters is 1. The molecule has 0 aromatic heterocycles. The molecular weight excluding hydrogens is 585 g/mol. The fourth-order valence-electron chi connectivity index (χ4n) is 3.03. The molecule has 1 fully saturated rings. The van der Waals surface area contributed by atoms with Gasteiger partial charge in [0.25, 0.3) is 5.91 Å². The minimum atomic E-state index is -0.371. The number of thioether (sulfide) groups is 1. The van der Waals surface area contributed by atoms with E-state index < -0.39 is 0 Å². The summed E-state index contributed by atoms with van der Waals surface area (Å²) in [6, 6.07) is 8.76. The second-order valence-corrected chi connectivity index (χ2v) is 10.3. The van der Waals surface area contributed by atoms with E-state index in [0.717, 1.165) is 5.56 Å². The lowest BCUT2D eigenvalue weighted by molar-refractivity contribution is -0.143. The molecule has 3 rings (SSSR count). The Balaban J connectivity index is 1.76. The fourth-order valence-corrected chi connectivity index (χ4v) is 5.38. The number of benzene rings is 2. The molecule has 1 aliphatic heterocycles. The first-order chi connectivity index (χ1) is 16.2.